The summed E-state index contributed by atoms with van der Waals surface area (Å²) in [5.74, 6) is 0. The van der Waals surface area contributed by atoms with Crippen molar-refractivity contribution in [2.24, 2.45) is 0 Å². The lowest BCUT2D eigenvalue weighted by atomic mass is 10.2. The highest BCUT2D eigenvalue weighted by molar-refractivity contribution is 7.89. The molecule has 0 bridgehead atoms. The van der Waals surface area contributed by atoms with Crippen molar-refractivity contribution in [2.75, 3.05) is 0 Å². The molecule has 0 saturated heterocycles. The molecule has 1 N–H and O–H groups in total. The summed E-state index contributed by atoms with van der Waals surface area (Å²) >= 11 is 7.24. The number of thiophene rings is 1. The maximum atomic E-state index is 12.1. The molecule has 0 aromatic carbocycles. The molecule has 2 rings (SSSR count). The zero-order chi connectivity index (χ0) is 13.9. The average Bonchev–Trinajstić information content (AvgIpc) is 2.84. The summed E-state index contributed by atoms with van der Waals surface area (Å²) in [5, 5.41) is 2.12. The minimum atomic E-state index is -3.55. The Morgan fingerprint density at radius 2 is 2.21 bits per heavy atom. The first kappa shape index (κ1) is 14.5. The van der Waals surface area contributed by atoms with Gasteiger partial charge in [0.2, 0.25) is 10.0 Å². The van der Waals surface area contributed by atoms with Crippen molar-refractivity contribution in [3.05, 3.63) is 45.4 Å². The SMILES string of the molecule is CCc1ccsc1CNS(=O)(=O)c1ccnc(Cl)c1. The van der Waals surface area contributed by atoms with E-state index in [9.17, 15) is 8.42 Å². The highest BCUT2D eigenvalue weighted by Crippen LogP contribution is 2.18. The van der Waals surface area contributed by atoms with Gasteiger partial charge >= 0.3 is 0 Å². The Kier molecular flexibility index (Phi) is 4.57. The van der Waals surface area contributed by atoms with Crippen LogP contribution in [-0.4, -0.2) is 13.4 Å². The second kappa shape index (κ2) is 6.00. The van der Waals surface area contributed by atoms with Gasteiger partial charge in [0.05, 0.1) is 4.90 Å². The maximum Gasteiger partial charge on any atom is 0.241 e. The average molecular weight is 317 g/mol. The molecule has 0 fully saturated rings. The zero-order valence-corrected chi connectivity index (χ0v) is 12.6. The molecular weight excluding hydrogens is 304 g/mol. The predicted octanol–water partition coefficient (Wildman–Crippen LogP) is 2.84. The molecule has 19 heavy (non-hydrogen) atoms. The smallest absolute Gasteiger partial charge is 0.241 e. The molecule has 2 aromatic rings. The largest absolute Gasteiger partial charge is 0.244 e. The first-order chi connectivity index (χ1) is 9.03. The summed E-state index contributed by atoms with van der Waals surface area (Å²) in [4.78, 5) is 4.93. The van der Waals surface area contributed by atoms with E-state index < -0.39 is 10.0 Å². The van der Waals surface area contributed by atoms with E-state index in [0.29, 0.717) is 6.54 Å². The van der Waals surface area contributed by atoms with Crippen LogP contribution in [0.4, 0.5) is 0 Å². The fraction of sp³-hybridized carbons (Fsp3) is 0.250. The van der Waals surface area contributed by atoms with Crippen LogP contribution in [0.5, 0.6) is 0 Å². The monoisotopic (exact) mass is 316 g/mol. The number of nitrogens with zero attached hydrogens (tertiary/aromatic N) is 1. The number of halogens is 1. The molecule has 0 amide bonds. The van der Waals surface area contributed by atoms with Crippen LogP contribution in [0, 0.1) is 0 Å². The molecule has 0 aliphatic rings. The van der Waals surface area contributed by atoms with Crippen LogP contribution < -0.4 is 4.72 Å². The van der Waals surface area contributed by atoms with Crippen LogP contribution in [0.25, 0.3) is 0 Å². The Morgan fingerprint density at radius 3 is 2.89 bits per heavy atom. The molecule has 0 saturated carbocycles. The van der Waals surface area contributed by atoms with Crippen molar-refractivity contribution >= 4 is 33.0 Å². The molecule has 2 aromatic heterocycles. The van der Waals surface area contributed by atoms with Gasteiger partial charge in [-0.25, -0.2) is 18.1 Å². The van der Waals surface area contributed by atoms with Crippen molar-refractivity contribution in [2.45, 2.75) is 24.8 Å². The number of hydrogen-bond donors (Lipinski definition) is 1. The van der Waals surface area contributed by atoms with Gasteiger partial charge in [0.1, 0.15) is 5.15 Å². The van der Waals surface area contributed by atoms with Crippen LogP contribution in [0.3, 0.4) is 0 Å². The predicted molar refractivity (Wildman–Crippen MR) is 77.0 cm³/mol. The van der Waals surface area contributed by atoms with E-state index in [1.807, 2.05) is 18.4 Å². The molecule has 0 unspecified atom stereocenters. The van der Waals surface area contributed by atoms with Gasteiger partial charge in [0.25, 0.3) is 0 Å². The summed E-state index contributed by atoms with van der Waals surface area (Å²) in [6.45, 7) is 2.34. The van der Waals surface area contributed by atoms with E-state index in [4.69, 9.17) is 11.6 Å². The lowest BCUT2D eigenvalue weighted by Crippen LogP contribution is -2.23. The fourth-order valence-electron chi connectivity index (χ4n) is 1.63. The number of pyridine rings is 1. The van der Waals surface area contributed by atoms with E-state index in [1.54, 1.807) is 11.3 Å². The Labute approximate surface area is 121 Å². The maximum absolute atomic E-state index is 12.1. The van der Waals surface area contributed by atoms with Crippen molar-refractivity contribution in [3.8, 4) is 0 Å². The van der Waals surface area contributed by atoms with E-state index >= 15 is 0 Å². The number of rotatable bonds is 5. The second-order valence-electron chi connectivity index (χ2n) is 3.86. The minimum absolute atomic E-state index is 0.127. The molecule has 0 aliphatic heterocycles. The van der Waals surface area contributed by atoms with Gasteiger partial charge in [-0.05, 0) is 35.6 Å². The van der Waals surface area contributed by atoms with Gasteiger partial charge in [-0.1, -0.05) is 18.5 Å². The quantitative estimate of drug-likeness (QED) is 0.863. The van der Waals surface area contributed by atoms with Crippen molar-refractivity contribution < 1.29 is 8.42 Å². The molecule has 0 aliphatic carbocycles. The Morgan fingerprint density at radius 1 is 1.42 bits per heavy atom. The van der Waals surface area contributed by atoms with Gasteiger partial charge < -0.3 is 0 Å². The van der Waals surface area contributed by atoms with Crippen molar-refractivity contribution in [1.29, 1.82) is 0 Å². The summed E-state index contributed by atoms with van der Waals surface area (Å²) in [6.07, 6.45) is 2.27. The molecule has 0 spiro atoms. The molecule has 102 valence electrons. The summed E-state index contributed by atoms with van der Waals surface area (Å²) < 4.78 is 26.7. The van der Waals surface area contributed by atoms with E-state index in [2.05, 4.69) is 9.71 Å². The molecule has 0 atom stereocenters. The first-order valence-electron chi connectivity index (χ1n) is 5.69. The number of nitrogens with one attached hydrogen (secondary N) is 1. The van der Waals surface area contributed by atoms with Gasteiger partial charge in [-0.15, -0.1) is 11.3 Å². The summed E-state index contributed by atoms with van der Waals surface area (Å²) in [6, 6.07) is 4.76. The van der Waals surface area contributed by atoms with Gasteiger partial charge in [-0.2, -0.15) is 0 Å². The molecule has 2 heterocycles. The third-order valence-electron chi connectivity index (χ3n) is 2.65. The van der Waals surface area contributed by atoms with Gasteiger partial charge in [-0.3, -0.25) is 0 Å². The van der Waals surface area contributed by atoms with Crippen LogP contribution in [0.15, 0.2) is 34.7 Å². The first-order valence-corrected chi connectivity index (χ1v) is 8.43. The second-order valence-corrected chi connectivity index (χ2v) is 7.02. The Bertz CT molecular complexity index is 668. The topological polar surface area (TPSA) is 59.1 Å². The Balaban J connectivity index is 2.14. The molecule has 7 heteroatoms. The van der Waals surface area contributed by atoms with Crippen molar-refractivity contribution in [1.82, 2.24) is 9.71 Å². The lowest BCUT2D eigenvalue weighted by molar-refractivity contribution is 0.581. The van der Waals surface area contributed by atoms with Crippen molar-refractivity contribution in [3.63, 3.8) is 0 Å². The molecule has 4 nitrogen and oxygen atoms in total. The summed E-state index contributed by atoms with van der Waals surface area (Å²) in [5.41, 5.74) is 1.17. The third kappa shape index (κ3) is 3.54. The highest BCUT2D eigenvalue weighted by atomic mass is 35.5. The molecular formula is C12H13ClN2O2S2. The number of aryl methyl sites for hydroxylation is 1. The number of aromatic nitrogens is 1. The third-order valence-corrected chi connectivity index (χ3v) is 5.22. The molecule has 0 radical (unpaired) electrons. The van der Waals surface area contributed by atoms with Crippen LogP contribution >= 0.6 is 22.9 Å². The number of sulfonamides is 1. The van der Waals surface area contributed by atoms with Gasteiger partial charge in [0.15, 0.2) is 0 Å². The summed E-state index contributed by atoms with van der Waals surface area (Å²) in [7, 11) is -3.55. The highest BCUT2D eigenvalue weighted by Gasteiger charge is 2.15. The lowest BCUT2D eigenvalue weighted by Gasteiger charge is -2.07. The normalized spacial score (nSPS) is 11.7. The standard InChI is InChI=1S/C12H13ClN2O2S2/c1-2-9-4-6-18-11(9)8-15-19(16,17)10-3-5-14-12(13)7-10/h3-7,15H,2,8H2,1H3. The van der Waals surface area contributed by atoms with Gasteiger partial charge in [0, 0.05) is 17.6 Å². The van der Waals surface area contributed by atoms with E-state index in [1.165, 1.54) is 23.9 Å². The van der Waals surface area contributed by atoms with Crippen LogP contribution in [-0.2, 0) is 23.0 Å². The zero-order valence-electron chi connectivity index (χ0n) is 10.3. The van der Waals surface area contributed by atoms with E-state index in [0.717, 1.165) is 11.3 Å². The number of hydrogen-bond acceptors (Lipinski definition) is 4. The van der Waals surface area contributed by atoms with Crippen LogP contribution in [0.1, 0.15) is 17.4 Å². The minimum Gasteiger partial charge on any atom is -0.244 e. The van der Waals surface area contributed by atoms with Crippen LogP contribution in [0.2, 0.25) is 5.15 Å². The Hall–Kier alpha value is -0.950. The fourth-order valence-corrected chi connectivity index (χ4v) is 3.89. The van der Waals surface area contributed by atoms with E-state index in [-0.39, 0.29) is 10.0 Å².